The summed E-state index contributed by atoms with van der Waals surface area (Å²) in [6, 6.07) is 0. The van der Waals surface area contributed by atoms with Crippen LogP contribution in [0.1, 0.15) is 55.7 Å². The van der Waals surface area contributed by atoms with Gasteiger partial charge in [-0.15, -0.1) is 11.3 Å². The average molecular weight is 264 g/mol. The first-order valence-corrected chi connectivity index (χ1v) is 7.53. The zero-order valence-electron chi connectivity index (χ0n) is 11.0. The SMILES string of the molecule is Cc1sc2cncn2c1C(O)C1(C)CCCCC1. The molecule has 1 aliphatic rings. The average Bonchev–Trinajstić information content (AvgIpc) is 2.89. The lowest BCUT2D eigenvalue weighted by Gasteiger charge is -2.38. The molecule has 2 heterocycles. The third-order valence-electron chi connectivity index (χ3n) is 4.40. The molecule has 2 aromatic heterocycles. The van der Waals surface area contributed by atoms with Crippen LogP contribution in [0.2, 0.25) is 0 Å². The van der Waals surface area contributed by atoms with E-state index in [1.807, 2.05) is 12.5 Å². The van der Waals surface area contributed by atoms with E-state index >= 15 is 0 Å². The van der Waals surface area contributed by atoms with Crippen LogP contribution in [0, 0.1) is 12.3 Å². The Morgan fingerprint density at radius 3 is 2.83 bits per heavy atom. The predicted molar refractivity (Wildman–Crippen MR) is 74.0 cm³/mol. The van der Waals surface area contributed by atoms with Gasteiger partial charge in [-0.1, -0.05) is 26.2 Å². The number of imidazole rings is 1. The molecular formula is C14H20N2OS. The Morgan fingerprint density at radius 1 is 1.39 bits per heavy atom. The minimum Gasteiger partial charge on any atom is -0.386 e. The van der Waals surface area contributed by atoms with Gasteiger partial charge in [0.15, 0.2) is 0 Å². The molecule has 1 fully saturated rings. The van der Waals surface area contributed by atoms with Crippen molar-refractivity contribution < 1.29 is 5.11 Å². The van der Waals surface area contributed by atoms with E-state index in [0.717, 1.165) is 23.4 Å². The van der Waals surface area contributed by atoms with Crippen molar-refractivity contribution in [2.75, 3.05) is 0 Å². The molecular weight excluding hydrogens is 244 g/mol. The summed E-state index contributed by atoms with van der Waals surface area (Å²) in [5.74, 6) is 0. The summed E-state index contributed by atoms with van der Waals surface area (Å²) in [6.07, 6.45) is 9.36. The summed E-state index contributed by atoms with van der Waals surface area (Å²) < 4.78 is 2.06. The number of nitrogens with zero attached hydrogens (tertiary/aromatic N) is 2. The Hall–Kier alpha value is -0.870. The zero-order chi connectivity index (χ0) is 12.8. The maximum absolute atomic E-state index is 10.8. The summed E-state index contributed by atoms with van der Waals surface area (Å²) in [5, 5.41) is 10.8. The van der Waals surface area contributed by atoms with E-state index in [2.05, 4.69) is 23.2 Å². The van der Waals surface area contributed by atoms with Crippen molar-refractivity contribution in [2.24, 2.45) is 5.41 Å². The lowest BCUT2D eigenvalue weighted by atomic mass is 9.71. The van der Waals surface area contributed by atoms with Crippen molar-refractivity contribution in [3.05, 3.63) is 23.1 Å². The van der Waals surface area contributed by atoms with Crippen LogP contribution in [0.3, 0.4) is 0 Å². The normalized spacial score (nSPS) is 21.3. The molecule has 0 radical (unpaired) electrons. The highest BCUT2D eigenvalue weighted by atomic mass is 32.1. The zero-order valence-corrected chi connectivity index (χ0v) is 11.8. The number of aliphatic hydroxyl groups excluding tert-OH is 1. The molecule has 18 heavy (non-hydrogen) atoms. The molecule has 0 aromatic carbocycles. The first kappa shape index (κ1) is 12.2. The quantitative estimate of drug-likeness (QED) is 0.898. The van der Waals surface area contributed by atoms with Crippen molar-refractivity contribution >= 4 is 16.2 Å². The van der Waals surface area contributed by atoms with Crippen molar-refractivity contribution in [3.63, 3.8) is 0 Å². The topological polar surface area (TPSA) is 37.5 Å². The van der Waals surface area contributed by atoms with Gasteiger partial charge in [-0.3, -0.25) is 4.40 Å². The van der Waals surface area contributed by atoms with E-state index in [9.17, 15) is 5.11 Å². The molecule has 3 nitrogen and oxygen atoms in total. The third kappa shape index (κ3) is 1.79. The van der Waals surface area contributed by atoms with Crippen LogP contribution < -0.4 is 0 Å². The maximum Gasteiger partial charge on any atom is 0.120 e. The van der Waals surface area contributed by atoms with E-state index in [0.29, 0.717) is 0 Å². The Morgan fingerprint density at radius 2 is 2.11 bits per heavy atom. The minimum atomic E-state index is -0.374. The summed E-state index contributed by atoms with van der Waals surface area (Å²) in [4.78, 5) is 6.52. The van der Waals surface area contributed by atoms with E-state index in [-0.39, 0.29) is 11.5 Å². The van der Waals surface area contributed by atoms with Crippen LogP contribution in [0.4, 0.5) is 0 Å². The van der Waals surface area contributed by atoms with E-state index < -0.39 is 0 Å². The van der Waals surface area contributed by atoms with Crippen LogP contribution in [0.25, 0.3) is 4.83 Å². The number of hydrogen-bond acceptors (Lipinski definition) is 3. The van der Waals surface area contributed by atoms with Gasteiger partial charge in [-0.2, -0.15) is 0 Å². The summed E-state index contributed by atoms with van der Waals surface area (Å²) in [5.41, 5.74) is 1.08. The summed E-state index contributed by atoms with van der Waals surface area (Å²) in [6.45, 7) is 4.33. The third-order valence-corrected chi connectivity index (χ3v) is 5.42. The maximum atomic E-state index is 10.8. The van der Waals surface area contributed by atoms with Crippen molar-refractivity contribution in [1.82, 2.24) is 9.38 Å². The lowest BCUT2D eigenvalue weighted by Crippen LogP contribution is -2.29. The van der Waals surface area contributed by atoms with Crippen molar-refractivity contribution in [2.45, 2.75) is 52.1 Å². The van der Waals surface area contributed by atoms with E-state index in [1.165, 1.54) is 24.1 Å². The highest BCUT2D eigenvalue weighted by molar-refractivity contribution is 7.17. The van der Waals surface area contributed by atoms with Gasteiger partial charge >= 0.3 is 0 Å². The first-order chi connectivity index (χ1) is 8.62. The molecule has 0 spiro atoms. The molecule has 0 saturated heterocycles. The number of aliphatic hydroxyl groups is 1. The second kappa shape index (κ2) is 4.35. The highest BCUT2D eigenvalue weighted by Gasteiger charge is 2.37. The fourth-order valence-corrected chi connectivity index (χ4v) is 4.19. The first-order valence-electron chi connectivity index (χ1n) is 6.71. The second-order valence-corrected chi connectivity index (χ2v) is 7.00. The predicted octanol–water partition coefficient (Wildman–Crippen LogP) is 3.71. The van der Waals surface area contributed by atoms with E-state index in [1.54, 1.807) is 11.3 Å². The molecule has 0 bridgehead atoms. The molecule has 1 aliphatic carbocycles. The van der Waals surface area contributed by atoms with Gasteiger partial charge in [0.1, 0.15) is 17.3 Å². The Bertz CT molecular complexity index is 551. The van der Waals surface area contributed by atoms with Gasteiger partial charge in [0.05, 0.1) is 11.9 Å². The molecule has 0 aliphatic heterocycles. The number of aryl methyl sites for hydroxylation is 1. The lowest BCUT2D eigenvalue weighted by molar-refractivity contribution is 0.00446. The van der Waals surface area contributed by atoms with Crippen LogP contribution in [0.15, 0.2) is 12.5 Å². The van der Waals surface area contributed by atoms with Crippen LogP contribution in [0.5, 0.6) is 0 Å². The monoisotopic (exact) mass is 264 g/mol. The van der Waals surface area contributed by atoms with Crippen LogP contribution >= 0.6 is 11.3 Å². The number of rotatable bonds is 2. The highest BCUT2D eigenvalue weighted by Crippen LogP contribution is 2.47. The van der Waals surface area contributed by atoms with Crippen molar-refractivity contribution in [1.29, 1.82) is 0 Å². The Kier molecular flexibility index (Phi) is 2.94. The molecule has 98 valence electrons. The van der Waals surface area contributed by atoms with Crippen molar-refractivity contribution in [3.8, 4) is 0 Å². The Balaban J connectivity index is 2.02. The van der Waals surface area contributed by atoms with Crippen LogP contribution in [-0.2, 0) is 0 Å². The van der Waals surface area contributed by atoms with Crippen LogP contribution in [-0.4, -0.2) is 14.5 Å². The van der Waals surface area contributed by atoms with Gasteiger partial charge < -0.3 is 5.11 Å². The molecule has 1 atom stereocenters. The summed E-state index contributed by atoms with van der Waals surface area (Å²) in [7, 11) is 0. The molecule has 1 N–H and O–H groups in total. The molecule has 4 heteroatoms. The Labute approximate surface area is 111 Å². The largest absolute Gasteiger partial charge is 0.386 e. The van der Waals surface area contributed by atoms with Gasteiger partial charge in [0.25, 0.3) is 0 Å². The molecule has 0 amide bonds. The molecule has 2 aromatic rings. The minimum absolute atomic E-state index is 0.0291. The van der Waals surface area contributed by atoms with Gasteiger partial charge in [0, 0.05) is 4.88 Å². The molecule has 1 saturated carbocycles. The number of aromatic nitrogens is 2. The standard InChI is InChI=1S/C14H20N2OS/c1-10-12(16-9-15-8-11(16)18-10)13(17)14(2)6-4-3-5-7-14/h8-9,13,17H,3-7H2,1-2H3. The van der Waals surface area contributed by atoms with Gasteiger partial charge in [0.2, 0.25) is 0 Å². The molecule has 3 rings (SSSR count). The van der Waals surface area contributed by atoms with Gasteiger partial charge in [-0.05, 0) is 25.2 Å². The second-order valence-electron chi connectivity index (χ2n) is 5.76. The smallest absolute Gasteiger partial charge is 0.120 e. The van der Waals surface area contributed by atoms with Gasteiger partial charge in [-0.25, -0.2) is 4.98 Å². The fraction of sp³-hybridized carbons (Fsp3) is 0.643. The summed E-state index contributed by atoms with van der Waals surface area (Å²) >= 11 is 1.72. The number of fused-ring (bicyclic) bond motifs is 1. The number of thiazole rings is 1. The number of hydrogen-bond donors (Lipinski definition) is 1. The fourth-order valence-electron chi connectivity index (χ4n) is 3.21. The molecule has 1 unspecified atom stereocenters. The van der Waals surface area contributed by atoms with E-state index in [4.69, 9.17) is 0 Å².